The Morgan fingerprint density at radius 1 is 1.40 bits per heavy atom. The summed E-state index contributed by atoms with van der Waals surface area (Å²) in [4.78, 5) is 22.4. The molecule has 0 bridgehead atoms. The van der Waals surface area contributed by atoms with Gasteiger partial charge in [-0.25, -0.2) is 14.8 Å². The van der Waals surface area contributed by atoms with Crippen LogP contribution in [0.4, 0.5) is 0 Å². The van der Waals surface area contributed by atoms with E-state index in [-0.39, 0.29) is 5.56 Å². The van der Waals surface area contributed by atoms with Gasteiger partial charge in [-0.05, 0) is 24.6 Å². The summed E-state index contributed by atoms with van der Waals surface area (Å²) in [6, 6.07) is 7.07. The number of carboxylic acid groups (broad SMARTS) is 1. The lowest BCUT2D eigenvalue weighted by Crippen LogP contribution is -1.96. The van der Waals surface area contributed by atoms with Crippen LogP contribution in [0.15, 0.2) is 30.5 Å². The number of fused-ring (bicyclic) bond motifs is 1. The molecule has 0 unspecified atom stereocenters. The number of hydrogen-bond acceptors (Lipinski definition) is 3. The number of halogens is 1. The van der Waals surface area contributed by atoms with Crippen molar-refractivity contribution in [2.45, 2.75) is 6.92 Å². The Morgan fingerprint density at radius 2 is 2.20 bits per heavy atom. The van der Waals surface area contributed by atoms with Crippen molar-refractivity contribution in [3.8, 4) is 11.4 Å². The second-order valence-electron chi connectivity index (χ2n) is 4.40. The van der Waals surface area contributed by atoms with Gasteiger partial charge in [-0.3, -0.25) is 0 Å². The summed E-state index contributed by atoms with van der Waals surface area (Å²) in [6.45, 7) is 1.90. The van der Waals surface area contributed by atoms with E-state index >= 15 is 0 Å². The molecule has 0 atom stereocenters. The Hall–Kier alpha value is -2.40. The zero-order chi connectivity index (χ0) is 14.3. The van der Waals surface area contributed by atoms with Gasteiger partial charge in [0.25, 0.3) is 0 Å². The molecule has 0 saturated carbocycles. The van der Waals surface area contributed by atoms with Crippen LogP contribution in [0.2, 0.25) is 5.02 Å². The van der Waals surface area contributed by atoms with Crippen molar-refractivity contribution in [2.24, 2.45) is 0 Å². The summed E-state index contributed by atoms with van der Waals surface area (Å²) in [7, 11) is 0. The molecule has 5 nitrogen and oxygen atoms in total. The zero-order valence-corrected chi connectivity index (χ0v) is 11.3. The number of nitrogens with one attached hydrogen (secondary N) is 1. The summed E-state index contributed by atoms with van der Waals surface area (Å²) in [5.41, 5.74) is 2.96. The minimum Gasteiger partial charge on any atom is -0.478 e. The van der Waals surface area contributed by atoms with E-state index in [1.165, 1.54) is 12.3 Å². The number of H-pyrrole nitrogens is 1. The van der Waals surface area contributed by atoms with E-state index in [2.05, 4.69) is 15.0 Å². The highest BCUT2D eigenvalue weighted by Gasteiger charge is 2.12. The van der Waals surface area contributed by atoms with Gasteiger partial charge in [-0.1, -0.05) is 23.7 Å². The van der Waals surface area contributed by atoms with Crippen LogP contribution in [-0.2, 0) is 0 Å². The van der Waals surface area contributed by atoms with Crippen molar-refractivity contribution in [2.75, 3.05) is 0 Å². The first kappa shape index (κ1) is 12.6. The summed E-state index contributed by atoms with van der Waals surface area (Å²) < 4.78 is 0. The first-order chi connectivity index (χ1) is 9.56. The quantitative estimate of drug-likeness (QED) is 0.758. The number of pyridine rings is 1. The smallest absolute Gasteiger partial charge is 0.337 e. The second-order valence-corrected chi connectivity index (χ2v) is 4.81. The van der Waals surface area contributed by atoms with Gasteiger partial charge in [0, 0.05) is 16.8 Å². The maximum atomic E-state index is 10.9. The molecule has 0 spiro atoms. The fraction of sp³-hybridized carbons (Fsp3) is 0.0714. The summed E-state index contributed by atoms with van der Waals surface area (Å²) in [5.74, 6) is -0.399. The summed E-state index contributed by atoms with van der Waals surface area (Å²) >= 11 is 6.09. The molecule has 0 fully saturated rings. The predicted octanol–water partition coefficient (Wildman–Crippen LogP) is 3.28. The monoisotopic (exact) mass is 287 g/mol. The molecule has 2 heterocycles. The molecule has 0 radical (unpaired) electrons. The van der Waals surface area contributed by atoms with E-state index in [1.54, 1.807) is 0 Å². The number of hydrogen-bond donors (Lipinski definition) is 2. The molecular formula is C14H10ClN3O2. The van der Waals surface area contributed by atoms with Gasteiger partial charge in [0.2, 0.25) is 0 Å². The Balaban J connectivity index is 2.18. The molecule has 0 aliphatic heterocycles. The maximum absolute atomic E-state index is 10.9. The Labute approximate surface area is 119 Å². The molecule has 0 saturated heterocycles. The average molecular weight is 288 g/mol. The lowest BCUT2D eigenvalue weighted by molar-refractivity contribution is 0.0696. The average Bonchev–Trinajstić information content (AvgIpc) is 2.84. The number of aromatic carboxylic acids is 1. The van der Waals surface area contributed by atoms with Crippen LogP contribution in [0.1, 0.15) is 15.9 Å². The third-order valence-electron chi connectivity index (χ3n) is 3.11. The van der Waals surface area contributed by atoms with E-state index < -0.39 is 5.97 Å². The fourth-order valence-electron chi connectivity index (χ4n) is 2.01. The Bertz CT molecular complexity index is 826. The maximum Gasteiger partial charge on any atom is 0.337 e. The van der Waals surface area contributed by atoms with Crippen molar-refractivity contribution in [1.29, 1.82) is 0 Å². The van der Waals surface area contributed by atoms with Gasteiger partial charge in [0.05, 0.1) is 11.1 Å². The molecule has 20 heavy (non-hydrogen) atoms. The van der Waals surface area contributed by atoms with Gasteiger partial charge in [0.15, 0.2) is 5.65 Å². The number of aromatic amines is 1. The molecule has 1 aromatic carbocycles. The number of rotatable bonds is 2. The third kappa shape index (κ3) is 2.02. The summed E-state index contributed by atoms with van der Waals surface area (Å²) in [6.07, 6.45) is 1.29. The zero-order valence-electron chi connectivity index (χ0n) is 10.5. The van der Waals surface area contributed by atoms with E-state index in [9.17, 15) is 4.79 Å². The molecular weight excluding hydrogens is 278 g/mol. The number of carbonyl (C=O) groups is 1. The lowest BCUT2D eigenvalue weighted by Gasteiger charge is -2.03. The second kappa shape index (κ2) is 4.61. The molecule has 6 heteroatoms. The van der Waals surface area contributed by atoms with Crippen LogP contribution in [0.3, 0.4) is 0 Å². The summed E-state index contributed by atoms with van der Waals surface area (Å²) in [5, 5.41) is 9.61. The Morgan fingerprint density at radius 3 is 2.95 bits per heavy atom. The first-order valence-electron chi connectivity index (χ1n) is 5.91. The number of aromatic nitrogens is 3. The van der Waals surface area contributed by atoms with Gasteiger partial charge < -0.3 is 10.1 Å². The molecule has 0 amide bonds. The topological polar surface area (TPSA) is 78.9 Å². The number of imidazole rings is 1. The minimum absolute atomic E-state index is 0.121. The van der Waals surface area contributed by atoms with E-state index in [0.717, 1.165) is 11.1 Å². The normalized spacial score (nSPS) is 10.9. The Kier molecular flexibility index (Phi) is 2.91. The van der Waals surface area contributed by atoms with Crippen molar-refractivity contribution in [1.82, 2.24) is 15.0 Å². The van der Waals surface area contributed by atoms with Crippen LogP contribution in [0, 0.1) is 6.92 Å². The highest BCUT2D eigenvalue weighted by molar-refractivity contribution is 6.31. The van der Waals surface area contributed by atoms with Crippen molar-refractivity contribution in [3.05, 3.63) is 46.6 Å². The number of nitrogens with zero attached hydrogens (tertiary/aromatic N) is 2. The van der Waals surface area contributed by atoms with Crippen molar-refractivity contribution >= 4 is 28.7 Å². The van der Waals surface area contributed by atoms with Crippen LogP contribution < -0.4 is 0 Å². The largest absolute Gasteiger partial charge is 0.478 e. The molecule has 3 aromatic rings. The minimum atomic E-state index is -1.02. The van der Waals surface area contributed by atoms with Crippen molar-refractivity contribution in [3.63, 3.8) is 0 Å². The fourth-order valence-corrected chi connectivity index (χ4v) is 2.18. The third-order valence-corrected chi connectivity index (χ3v) is 3.52. The van der Waals surface area contributed by atoms with Crippen LogP contribution in [-0.4, -0.2) is 26.0 Å². The van der Waals surface area contributed by atoms with Gasteiger partial charge in [0.1, 0.15) is 5.82 Å². The molecule has 0 aliphatic carbocycles. The van der Waals surface area contributed by atoms with E-state index in [0.29, 0.717) is 22.0 Å². The van der Waals surface area contributed by atoms with Crippen LogP contribution in [0.5, 0.6) is 0 Å². The van der Waals surface area contributed by atoms with Gasteiger partial charge in [-0.15, -0.1) is 0 Å². The molecule has 100 valence electrons. The van der Waals surface area contributed by atoms with E-state index in [4.69, 9.17) is 16.7 Å². The first-order valence-corrected chi connectivity index (χ1v) is 6.28. The SMILES string of the molecule is Cc1c(Cl)cccc1-c1nc2ncc(C(=O)O)cc2[nH]1. The number of carboxylic acids is 1. The highest BCUT2D eigenvalue weighted by Crippen LogP contribution is 2.27. The molecule has 2 N–H and O–H groups in total. The van der Waals surface area contributed by atoms with Crippen molar-refractivity contribution < 1.29 is 9.90 Å². The van der Waals surface area contributed by atoms with Gasteiger partial charge in [-0.2, -0.15) is 0 Å². The predicted molar refractivity (Wildman–Crippen MR) is 76.0 cm³/mol. The van der Waals surface area contributed by atoms with Crippen LogP contribution in [0.25, 0.3) is 22.6 Å². The molecule has 2 aromatic heterocycles. The molecule has 0 aliphatic rings. The molecule has 3 rings (SSSR count). The van der Waals surface area contributed by atoms with Gasteiger partial charge >= 0.3 is 5.97 Å². The van der Waals surface area contributed by atoms with Crippen LogP contribution >= 0.6 is 11.6 Å². The highest BCUT2D eigenvalue weighted by atomic mass is 35.5. The number of benzene rings is 1. The lowest BCUT2D eigenvalue weighted by atomic mass is 10.1. The van der Waals surface area contributed by atoms with E-state index in [1.807, 2.05) is 25.1 Å². The standard InChI is InChI=1S/C14H10ClN3O2/c1-7-9(3-2-4-10(7)15)12-17-11-5-8(14(19)20)6-16-13(11)18-12/h2-6H,1H3,(H,19,20)(H,16,17,18).